The molecule has 0 aromatic rings. The van der Waals surface area contributed by atoms with Crippen molar-refractivity contribution >= 4 is 0 Å². The molecule has 0 aromatic heterocycles. The van der Waals surface area contributed by atoms with Gasteiger partial charge in [0.2, 0.25) is 0 Å². The van der Waals surface area contributed by atoms with Gasteiger partial charge in [0.25, 0.3) is 0 Å². The summed E-state index contributed by atoms with van der Waals surface area (Å²) in [6.07, 6.45) is 4.39. The predicted molar refractivity (Wildman–Crippen MR) is 65.1 cm³/mol. The normalized spacial score (nSPS) is 18.8. The number of rotatable bonds is 8. The number of hydrogen-bond acceptors (Lipinski definition) is 2. The molecular formula is C13H27NO. The Kier molecular flexibility index (Phi) is 5.07. The van der Waals surface area contributed by atoms with E-state index >= 15 is 0 Å². The molecule has 0 spiro atoms. The maximum absolute atomic E-state index is 5.62. The Hall–Kier alpha value is -0.0800. The van der Waals surface area contributed by atoms with E-state index in [4.69, 9.17) is 4.74 Å². The Labute approximate surface area is 94.8 Å². The van der Waals surface area contributed by atoms with Crippen LogP contribution in [-0.2, 0) is 4.74 Å². The highest BCUT2D eigenvalue weighted by molar-refractivity contribution is 4.94. The van der Waals surface area contributed by atoms with Gasteiger partial charge >= 0.3 is 0 Å². The van der Waals surface area contributed by atoms with Crippen LogP contribution in [0.15, 0.2) is 0 Å². The minimum absolute atomic E-state index is 0.379. The topological polar surface area (TPSA) is 21.3 Å². The van der Waals surface area contributed by atoms with E-state index in [1.165, 1.54) is 25.8 Å². The Bertz CT molecular complexity index is 157. The van der Waals surface area contributed by atoms with Crippen molar-refractivity contribution in [2.24, 2.45) is 11.3 Å². The molecule has 0 saturated heterocycles. The van der Waals surface area contributed by atoms with Crippen LogP contribution in [0.25, 0.3) is 0 Å². The zero-order valence-corrected chi connectivity index (χ0v) is 10.8. The van der Waals surface area contributed by atoms with E-state index in [9.17, 15) is 0 Å². The largest absolute Gasteiger partial charge is 0.379 e. The molecule has 1 saturated carbocycles. The van der Waals surface area contributed by atoms with Crippen LogP contribution in [0.1, 0.15) is 47.0 Å². The smallest absolute Gasteiger partial charge is 0.0518 e. The van der Waals surface area contributed by atoms with Gasteiger partial charge in [-0.25, -0.2) is 0 Å². The summed E-state index contributed by atoms with van der Waals surface area (Å²) in [5.41, 5.74) is 0.587. The Morgan fingerprint density at radius 3 is 2.33 bits per heavy atom. The van der Waals surface area contributed by atoms with E-state index in [0.717, 1.165) is 19.1 Å². The Morgan fingerprint density at radius 1 is 1.20 bits per heavy atom. The van der Waals surface area contributed by atoms with E-state index < -0.39 is 0 Å². The van der Waals surface area contributed by atoms with E-state index in [0.29, 0.717) is 11.5 Å². The van der Waals surface area contributed by atoms with Crippen molar-refractivity contribution < 1.29 is 4.74 Å². The first-order valence-corrected chi connectivity index (χ1v) is 6.36. The molecule has 2 nitrogen and oxygen atoms in total. The number of nitrogens with one attached hydrogen (secondary N) is 1. The third-order valence-electron chi connectivity index (χ3n) is 3.09. The summed E-state index contributed by atoms with van der Waals surface area (Å²) in [7, 11) is 0. The fourth-order valence-electron chi connectivity index (χ4n) is 1.83. The Balaban J connectivity index is 2.06. The lowest BCUT2D eigenvalue weighted by atomic mass is 10.0. The molecule has 1 aliphatic carbocycles. The van der Waals surface area contributed by atoms with E-state index in [1.807, 2.05) is 0 Å². The Morgan fingerprint density at radius 2 is 1.87 bits per heavy atom. The molecule has 0 aliphatic heterocycles. The average molecular weight is 213 g/mol. The van der Waals surface area contributed by atoms with Crippen LogP contribution < -0.4 is 5.32 Å². The summed E-state index contributed by atoms with van der Waals surface area (Å²) in [6, 6.07) is 0. The second-order valence-electron chi connectivity index (χ2n) is 5.69. The fourth-order valence-corrected chi connectivity index (χ4v) is 1.83. The second kappa shape index (κ2) is 5.86. The first-order valence-electron chi connectivity index (χ1n) is 6.36. The maximum atomic E-state index is 5.62. The van der Waals surface area contributed by atoms with Gasteiger partial charge < -0.3 is 10.1 Å². The van der Waals surface area contributed by atoms with Gasteiger partial charge in [-0.05, 0) is 51.0 Å². The first-order chi connectivity index (χ1) is 7.04. The van der Waals surface area contributed by atoms with Crippen LogP contribution in [0, 0.1) is 11.3 Å². The zero-order chi connectivity index (χ0) is 11.3. The third-order valence-corrected chi connectivity index (χ3v) is 3.09. The van der Waals surface area contributed by atoms with Crippen LogP contribution in [0.3, 0.4) is 0 Å². The zero-order valence-electron chi connectivity index (χ0n) is 10.8. The van der Waals surface area contributed by atoms with Crippen LogP contribution >= 0.6 is 0 Å². The van der Waals surface area contributed by atoms with E-state index in [-0.39, 0.29) is 0 Å². The monoisotopic (exact) mass is 213 g/mol. The molecule has 1 rings (SSSR count). The fraction of sp³-hybridized carbons (Fsp3) is 1.00. The second-order valence-corrected chi connectivity index (χ2v) is 5.69. The summed E-state index contributed by atoms with van der Waals surface area (Å²) < 4.78 is 5.62. The highest BCUT2D eigenvalue weighted by Crippen LogP contribution is 2.48. The van der Waals surface area contributed by atoms with Crippen molar-refractivity contribution in [1.82, 2.24) is 5.32 Å². The third kappa shape index (κ3) is 5.53. The van der Waals surface area contributed by atoms with E-state index in [2.05, 4.69) is 33.0 Å². The molecule has 0 amide bonds. The molecule has 0 radical (unpaired) electrons. The molecule has 0 aromatic carbocycles. The predicted octanol–water partition coefficient (Wildman–Crippen LogP) is 2.83. The molecule has 1 fully saturated rings. The van der Waals surface area contributed by atoms with Crippen molar-refractivity contribution in [3.05, 3.63) is 0 Å². The van der Waals surface area contributed by atoms with Crippen molar-refractivity contribution in [2.45, 2.75) is 53.1 Å². The summed E-state index contributed by atoms with van der Waals surface area (Å²) in [4.78, 5) is 0. The molecule has 2 heteroatoms. The van der Waals surface area contributed by atoms with Gasteiger partial charge in [0.15, 0.2) is 0 Å². The molecule has 0 unspecified atom stereocenters. The molecule has 1 aliphatic rings. The number of hydrogen-bond donors (Lipinski definition) is 1. The van der Waals surface area contributed by atoms with Gasteiger partial charge in [0, 0.05) is 13.2 Å². The minimum Gasteiger partial charge on any atom is -0.379 e. The molecule has 90 valence electrons. The van der Waals surface area contributed by atoms with Crippen LogP contribution in [0.4, 0.5) is 0 Å². The standard InChI is InChI=1S/C13H27NO/c1-11(2)9-14-10-13(5-6-13)7-8-15-12(3)4/h11-12,14H,5-10H2,1-4H3. The summed E-state index contributed by atoms with van der Waals surface area (Å²) in [5.74, 6) is 0.757. The van der Waals surface area contributed by atoms with Crippen molar-refractivity contribution in [3.63, 3.8) is 0 Å². The van der Waals surface area contributed by atoms with Crippen LogP contribution in [-0.4, -0.2) is 25.8 Å². The van der Waals surface area contributed by atoms with E-state index in [1.54, 1.807) is 0 Å². The molecule has 15 heavy (non-hydrogen) atoms. The van der Waals surface area contributed by atoms with Crippen molar-refractivity contribution in [2.75, 3.05) is 19.7 Å². The van der Waals surface area contributed by atoms with Gasteiger partial charge in [-0.15, -0.1) is 0 Å². The highest BCUT2D eigenvalue weighted by Gasteiger charge is 2.41. The first kappa shape index (κ1) is 13.0. The molecule has 0 atom stereocenters. The van der Waals surface area contributed by atoms with Gasteiger partial charge in [-0.3, -0.25) is 0 Å². The molecule has 1 N–H and O–H groups in total. The molecule has 0 heterocycles. The van der Waals surface area contributed by atoms with Crippen LogP contribution in [0.5, 0.6) is 0 Å². The maximum Gasteiger partial charge on any atom is 0.0518 e. The van der Waals surface area contributed by atoms with Gasteiger partial charge in [-0.1, -0.05) is 13.8 Å². The lowest BCUT2D eigenvalue weighted by Crippen LogP contribution is -2.28. The van der Waals surface area contributed by atoms with Crippen molar-refractivity contribution in [1.29, 1.82) is 0 Å². The summed E-state index contributed by atoms with van der Waals surface area (Å²) in [6.45, 7) is 12.0. The SMILES string of the molecule is CC(C)CNCC1(CCOC(C)C)CC1. The van der Waals surface area contributed by atoms with Crippen molar-refractivity contribution in [3.8, 4) is 0 Å². The van der Waals surface area contributed by atoms with Gasteiger partial charge in [-0.2, -0.15) is 0 Å². The molecule has 0 bridgehead atoms. The summed E-state index contributed by atoms with van der Waals surface area (Å²) >= 11 is 0. The molecular weight excluding hydrogens is 186 g/mol. The quantitative estimate of drug-likeness (QED) is 0.669. The lowest BCUT2D eigenvalue weighted by molar-refractivity contribution is 0.0657. The minimum atomic E-state index is 0.379. The lowest BCUT2D eigenvalue weighted by Gasteiger charge is -2.17. The number of ether oxygens (including phenoxy) is 1. The summed E-state index contributed by atoms with van der Waals surface area (Å²) in [5, 5.41) is 3.57. The average Bonchev–Trinajstić information content (AvgIpc) is 2.84. The van der Waals surface area contributed by atoms with Gasteiger partial charge in [0.05, 0.1) is 6.10 Å². The van der Waals surface area contributed by atoms with Gasteiger partial charge in [0.1, 0.15) is 0 Å². The van der Waals surface area contributed by atoms with Crippen LogP contribution in [0.2, 0.25) is 0 Å². The highest BCUT2D eigenvalue weighted by atomic mass is 16.5.